The second-order valence-electron chi connectivity index (χ2n) is 5.61. The van der Waals surface area contributed by atoms with Gasteiger partial charge in [0, 0.05) is 11.0 Å². The van der Waals surface area contributed by atoms with Gasteiger partial charge in [0.2, 0.25) is 5.95 Å². The highest BCUT2D eigenvalue weighted by atomic mass is 79.9. The number of aromatic nitrogens is 3. The van der Waals surface area contributed by atoms with Crippen LogP contribution < -0.4 is 10.6 Å². The Hall–Kier alpha value is -2.47. The van der Waals surface area contributed by atoms with E-state index in [2.05, 4.69) is 72.9 Å². The van der Waals surface area contributed by atoms with Gasteiger partial charge in [-0.1, -0.05) is 35.9 Å². The standard InChI is InChI=1S/C18H18BrN5/c1-12-3-6-14(7-4-12)10-20-18-23-17(11-21-24-18)22-16-8-5-13(2)9-15(16)19/h3-9,11H,10H2,1-2H3,(H2,20,22,23,24). The molecule has 0 atom stereocenters. The van der Waals surface area contributed by atoms with Crippen LogP contribution in [-0.2, 0) is 6.54 Å². The predicted octanol–water partition coefficient (Wildman–Crippen LogP) is 4.61. The third-order valence-electron chi connectivity index (χ3n) is 3.52. The number of hydrogen-bond donors (Lipinski definition) is 2. The van der Waals surface area contributed by atoms with Gasteiger partial charge in [-0.25, -0.2) is 0 Å². The molecule has 0 amide bonds. The van der Waals surface area contributed by atoms with E-state index in [-0.39, 0.29) is 0 Å². The molecular weight excluding hydrogens is 366 g/mol. The molecule has 0 aliphatic rings. The van der Waals surface area contributed by atoms with Gasteiger partial charge in [-0.3, -0.25) is 0 Å². The van der Waals surface area contributed by atoms with Crippen LogP contribution in [-0.4, -0.2) is 15.2 Å². The van der Waals surface area contributed by atoms with Crippen LogP contribution in [0.25, 0.3) is 0 Å². The van der Waals surface area contributed by atoms with E-state index in [0.717, 1.165) is 10.2 Å². The van der Waals surface area contributed by atoms with Crippen molar-refractivity contribution in [2.45, 2.75) is 20.4 Å². The van der Waals surface area contributed by atoms with Gasteiger partial charge in [0.15, 0.2) is 5.82 Å². The Morgan fingerprint density at radius 3 is 2.50 bits per heavy atom. The van der Waals surface area contributed by atoms with Gasteiger partial charge in [-0.05, 0) is 53.0 Å². The van der Waals surface area contributed by atoms with Crippen LogP contribution in [0.2, 0.25) is 0 Å². The zero-order valence-corrected chi connectivity index (χ0v) is 15.1. The fourth-order valence-corrected chi connectivity index (χ4v) is 2.78. The third-order valence-corrected chi connectivity index (χ3v) is 4.17. The van der Waals surface area contributed by atoms with E-state index in [0.29, 0.717) is 18.3 Å². The molecule has 0 saturated carbocycles. The topological polar surface area (TPSA) is 62.7 Å². The minimum Gasteiger partial charge on any atom is -0.349 e. The Kier molecular flexibility index (Phi) is 5.05. The molecule has 6 heteroatoms. The molecule has 122 valence electrons. The Labute approximate surface area is 149 Å². The summed E-state index contributed by atoms with van der Waals surface area (Å²) >= 11 is 3.55. The number of halogens is 1. The largest absolute Gasteiger partial charge is 0.349 e. The molecule has 0 spiro atoms. The third kappa shape index (κ3) is 4.29. The van der Waals surface area contributed by atoms with Gasteiger partial charge >= 0.3 is 0 Å². The van der Waals surface area contributed by atoms with Crippen molar-refractivity contribution in [3.05, 3.63) is 69.8 Å². The number of nitrogens with zero attached hydrogens (tertiary/aromatic N) is 3. The molecule has 0 bridgehead atoms. The summed E-state index contributed by atoms with van der Waals surface area (Å²) in [5.74, 6) is 1.13. The second-order valence-corrected chi connectivity index (χ2v) is 6.47. The van der Waals surface area contributed by atoms with Crippen LogP contribution in [0, 0.1) is 13.8 Å². The Bertz CT molecular complexity index is 833. The van der Waals surface area contributed by atoms with Crippen LogP contribution >= 0.6 is 15.9 Å². The summed E-state index contributed by atoms with van der Waals surface area (Å²) in [6.07, 6.45) is 1.60. The highest BCUT2D eigenvalue weighted by molar-refractivity contribution is 9.10. The lowest BCUT2D eigenvalue weighted by atomic mass is 10.1. The molecular formula is C18H18BrN5. The monoisotopic (exact) mass is 383 g/mol. The van der Waals surface area contributed by atoms with Gasteiger partial charge in [0.1, 0.15) is 0 Å². The maximum Gasteiger partial charge on any atom is 0.244 e. The summed E-state index contributed by atoms with van der Waals surface area (Å²) < 4.78 is 0.982. The van der Waals surface area contributed by atoms with E-state index in [4.69, 9.17) is 0 Å². The molecule has 3 aromatic rings. The van der Waals surface area contributed by atoms with Gasteiger partial charge in [0.25, 0.3) is 0 Å². The van der Waals surface area contributed by atoms with Crippen LogP contribution in [0.3, 0.4) is 0 Å². The lowest BCUT2D eigenvalue weighted by molar-refractivity contribution is 0.948. The van der Waals surface area contributed by atoms with Crippen molar-refractivity contribution >= 4 is 33.4 Å². The zero-order valence-electron chi connectivity index (χ0n) is 13.5. The molecule has 1 heterocycles. The summed E-state index contributed by atoms with van der Waals surface area (Å²) in [6, 6.07) is 14.4. The molecule has 1 aromatic heterocycles. The first-order chi connectivity index (χ1) is 11.6. The summed E-state index contributed by atoms with van der Waals surface area (Å²) in [5, 5.41) is 14.5. The van der Waals surface area contributed by atoms with E-state index in [1.807, 2.05) is 25.1 Å². The average molecular weight is 384 g/mol. The molecule has 0 saturated heterocycles. The molecule has 2 aromatic carbocycles. The van der Waals surface area contributed by atoms with Gasteiger partial charge < -0.3 is 10.6 Å². The van der Waals surface area contributed by atoms with Crippen LogP contribution in [0.5, 0.6) is 0 Å². The van der Waals surface area contributed by atoms with Crippen LogP contribution in [0.4, 0.5) is 17.5 Å². The molecule has 0 radical (unpaired) electrons. The molecule has 2 N–H and O–H groups in total. The summed E-state index contributed by atoms with van der Waals surface area (Å²) in [7, 11) is 0. The zero-order chi connectivity index (χ0) is 16.9. The summed E-state index contributed by atoms with van der Waals surface area (Å²) in [5.41, 5.74) is 4.54. The smallest absolute Gasteiger partial charge is 0.244 e. The molecule has 0 fully saturated rings. The normalized spacial score (nSPS) is 10.5. The SMILES string of the molecule is Cc1ccc(CNc2nncc(Nc3ccc(C)cc3Br)n2)cc1. The fourth-order valence-electron chi connectivity index (χ4n) is 2.19. The van der Waals surface area contributed by atoms with E-state index < -0.39 is 0 Å². The lowest BCUT2D eigenvalue weighted by Gasteiger charge is -2.09. The van der Waals surface area contributed by atoms with E-state index in [9.17, 15) is 0 Å². The highest BCUT2D eigenvalue weighted by Gasteiger charge is 2.04. The Morgan fingerprint density at radius 2 is 1.75 bits per heavy atom. The van der Waals surface area contributed by atoms with Gasteiger partial charge in [0.05, 0.1) is 11.9 Å². The Balaban J connectivity index is 1.68. The first-order valence-corrected chi connectivity index (χ1v) is 8.42. The Morgan fingerprint density at radius 1 is 1.00 bits per heavy atom. The van der Waals surface area contributed by atoms with Crippen molar-refractivity contribution in [1.82, 2.24) is 15.2 Å². The van der Waals surface area contributed by atoms with Crippen molar-refractivity contribution in [2.24, 2.45) is 0 Å². The first-order valence-electron chi connectivity index (χ1n) is 7.62. The number of nitrogens with one attached hydrogen (secondary N) is 2. The van der Waals surface area contributed by atoms with Crippen molar-refractivity contribution in [2.75, 3.05) is 10.6 Å². The minimum absolute atomic E-state index is 0.490. The number of aryl methyl sites for hydroxylation is 2. The molecule has 0 unspecified atom stereocenters. The van der Waals surface area contributed by atoms with Crippen LogP contribution in [0.1, 0.15) is 16.7 Å². The van der Waals surface area contributed by atoms with Crippen molar-refractivity contribution in [1.29, 1.82) is 0 Å². The van der Waals surface area contributed by atoms with E-state index >= 15 is 0 Å². The number of anilines is 3. The van der Waals surface area contributed by atoms with Gasteiger partial charge in [-0.15, -0.1) is 5.10 Å². The molecule has 5 nitrogen and oxygen atoms in total. The number of rotatable bonds is 5. The molecule has 0 aliphatic heterocycles. The average Bonchev–Trinajstić information content (AvgIpc) is 2.57. The number of hydrogen-bond acceptors (Lipinski definition) is 5. The van der Waals surface area contributed by atoms with Crippen molar-refractivity contribution in [3.63, 3.8) is 0 Å². The van der Waals surface area contributed by atoms with Crippen LogP contribution in [0.15, 0.2) is 53.1 Å². The first kappa shape index (κ1) is 16.4. The lowest BCUT2D eigenvalue weighted by Crippen LogP contribution is -2.06. The number of benzene rings is 2. The summed E-state index contributed by atoms with van der Waals surface area (Å²) in [6.45, 7) is 4.77. The minimum atomic E-state index is 0.490. The molecule has 3 rings (SSSR count). The van der Waals surface area contributed by atoms with Crippen molar-refractivity contribution in [3.8, 4) is 0 Å². The molecule has 24 heavy (non-hydrogen) atoms. The fraction of sp³-hybridized carbons (Fsp3) is 0.167. The van der Waals surface area contributed by atoms with Gasteiger partial charge in [-0.2, -0.15) is 10.1 Å². The second kappa shape index (κ2) is 7.40. The summed E-state index contributed by atoms with van der Waals surface area (Å²) in [4.78, 5) is 4.45. The van der Waals surface area contributed by atoms with E-state index in [1.54, 1.807) is 6.20 Å². The molecule has 0 aliphatic carbocycles. The predicted molar refractivity (Wildman–Crippen MR) is 100 cm³/mol. The van der Waals surface area contributed by atoms with Crippen molar-refractivity contribution < 1.29 is 0 Å². The quantitative estimate of drug-likeness (QED) is 0.673. The maximum absolute atomic E-state index is 4.45. The van der Waals surface area contributed by atoms with E-state index in [1.165, 1.54) is 16.7 Å². The maximum atomic E-state index is 4.45. The highest BCUT2D eigenvalue weighted by Crippen LogP contribution is 2.26.